The summed E-state index contributed by atoms with van der Waals surface area (Å²) in [5, 5.41) is 3.36. The van der Waals surface area contributed by atoms with Crippen LogP contribution in [0.25, 0.3) is 0 Å². The number of halogens is 1. The van der Waals surface area contributed by atoms with E-state index in [2.05, 4.69) is 76.8 Å². The molecule has 0 saturated heterocycles. The standard InChI is InChI=1S/C14H18N2.C9H11N.CH3F/c1-3-9-15-11-12-16(10-4-2)14-8-6-5-7-13(14)15;1-2-6-9-8(4-1)5-3-7-10-9;1-2/h3-8H,1-2,9-12H2;1-2,4,6,10H,3,5,7H2;1H3/i;;1D. The summed E-state index contributed by atoms with van der Waals surface area (Å²) in [6.45, 7) is 12.7. The minimum Gasteiger partial charge on any atom is -0.385 e. The summed E-state index contributed by atoms with van der Waals surface area (Å²) in [5.74, 6) is 0. The Morgan fingerprint density at radius 2 is 1.54 bits per heavy atom. The highest BCUT2D eigenvalue weighted by atomic mass is 19.1. The van der Waals surface area contributed by atoms with Gasteiger partial charge in [-0.25, -0.2) is 0 Å². The number of anilines is 3. The van der Waals surface area contributed by atoms with Gasteiger partial charge in [0.1, 0.15) is 0 Å². The third kappa shape index (κ3) is 5.62. The molecule has 0 amide bonds. The van der Waals surface area contributed by atoms with Gasteiger partial charge in [-0.1, -0.05) is 42.5 Å². The van der Waals surface area contributed by atoms with E-state index >= 15 is 0 Å². The summed E-state index contributed by atoms with van der Waals surface area (Å²) in [4.78, 5) is 4.73. The summed E-state index contributed by atoms with van der Waals surface area (Å²) in [5.41, 5.74) is 5.40. The lowest BCUT2D eigenvalue weighted by molar-refractivity contribution is 0.636. The van der Waals surface area contributed by atoms with Crippen LogP contribution in [-0.2, 0) is 6.42 Å². The van der Waals surface area contributed by atoms with E-state index in [0.717, 1.165) is 32.7 Å². The van der Waals surface area contributed by atoms with Gasteiger partial charge in [0.05, 0.1) is 19.9 Å². The van der Waals surface area contributed by atoms with E-state index < -0.39 is 7.15 Å². The molecule has 4 heteroatoms. The van der Waals surface area contributed by atoms with Crippen LogP contribution in [0.3, 0.4) is 0 Å². The molecule has 150 valence electrons. The highest BCUT2D eigenvalue weighted by Crippen LogP contribution is 2.32. The van der Waals surface area contributed by atoms with Crippen LogP contribution < -0.4 is 15.1 Å². The van der Waals surface area contributed by atoms with Crippen LogP contribution in [0.4, 0.5) is 21.5 Å². The first-order valence-electron chi connectivity index (χ1n) is 10.4. The van der Waals surface area contributed by atoms with Crippen LogP contribution in [0.1, 0.15) is 13.4 Å². The van der Waals surface area contributed by atoms with Gasteiger partial charge < -0.3 is 15.1 Å². The number of para-hydroxylation sites is 3. The van der Waals surface area contributed by atoms with Gasteiger partial charge in [0.25, 0.3) is 0 Å². The molecule has 0 radical (unpaired) electrons. The SMILES string of the molecule is C=CCN1CCN(CC=C)c2ccccc21.[2H]CF.c1ccc2c(c1)CCCN2. The van der Waals surface area contributed by atoms with Crippen molar-refractivity contribution in [2.45, 2.75) is 12.8 Å². The second kappa shape index (κ2) is 11.9. The molecule has 4 rings (SSSR count). The summed E-state index contributed by atoms with van der Waals surface area (Å²) in [6.07, 6.45) is 6.43. The topological polar surface area (TPSA) is 18.5 Å². The van der Waals surface area contributed by atoms with Crippen LogP contribution >= 0.6 is 0 Å². The Labute approximate surface area is 170 Å². The average Bonchev–Trinajstić information content (AvgIpc) is 2.77. The molecule has 0 unspecified atom stereocenters. The van der Waals surface area contributed by atoms with Gasteiger partial charge in [-0.05, 0) is 36.6 Å². The van der Waals surface area contributed by atoms with E-state index in [1.807, 2.05) is 12.2 Å². The number of nitrogens with zero attached hydrogens (tertiary/aromatic N) is 2. The minimum atomic E-state index is -1.00. The van der Waals surface area contributed by atoms with Crippen molar-refractivity contribution in [2.75, 3.05) is 55.0 Å². The number of hydrogen-bond donors (Lipinski definition) is 1. The molecule has 0 saturated carbocycles. The molecule has 2 aromatic rings. The summed E-state index contributed by atoms with van der Waals surface area (Å²) < 4.78 is 15.5. The van der Waals surface area contributed by atoms with E-state index in [4.69, 9.17) is 1.37 Å². The molecule has 2 heterocycles. The molecule has 1 N–H and O–H groups in total. The summed E-state index contributed by atoms with van der Waals surface area (Å²) in [7, 11) is -1.00. The Balaban J connectivity index is 0.000000196. The molecule has 0 aliphatic carbocycles. The lowest BCUT2D eigenvalue weighted by Gasteiger charge is -2.38. The van der Waals surface area contributed by atoms with Crippen molar-refractivity contribution in [1.29, 1.82) is 0 Å². The van der Waals surface area contributed by atoms with E-state index in [9.17, 15) is 4.39 Å². The largest absolute Gasteiger partial charge is 0.385 e. The van der Waals surface area contributed by atoms with E-state index in [0.29, 0.717) is 0 Å². The number of fused-ring (bicyclic) bond motifs is 2. The Hall–Kier alpha value is -2.75. The van der Waals surface area contributed by atoms with Crippen molar-refractivity contribution >= 4 is 17.1 Å². The highest BCUT2D eigenvalue weighted by Gasteiger charge is 2.19. The number of benzene rings is 2. The predicted molar refractivity (Wildman–Crippen MR) is 122 cm³/mol. The molecule has 0 atom stereocenters. The molecule has 28 heavy (non-hydrogen) atoms. The number of rotatable bonds is 4. The van der Waals surface area contributed by atoms with Crippen LogP contribution in [0.15, 0.2) is 73.8 Å². The fourth-order valence-corrected chi connectivity index (χ4v) is 3.58. The molecule has 0 spiro atoms. The van der Waals surface area contributed by atoms with Gasteiger partial charge in [-0.2, -0.15) is 0 Å². The van der Waals surface area contributed by atoms with E-state index in [-0.39, 0.29) is 0 Å². The first kappa shape index (κ1) is 20.0. The predicted octanol–water partition coefficient (Wildman–Crippen LogP) is 5.32. The van der Waals surface area contributed by atoms with Crippen molar-refractivity contribution in [3.63, 3.8) is 0 Å². The zero-order valence-corrected chi connectivity index (χ0v) is 16.6. The average molecular weight is 383 g/mol. The Morgan fingerprint density at radius 1 is 1.00 bits per heavy atom. The molecule has 2 aliphatic heterocycles. The fourth-order valence-electron chi connectivity index (χ4n) is 3.58. The van der Waals surface area contributed by atoms with Crippen molar-refractivity contribution in [3.05, 3.63) is 79.4 Å². The van der Waals surface area contributed by atoms with Crippen molar-refractivity contribution < 1.29 is 5.76 Å². The monoisotopic (exact) mass is 382 g/mol. The molecular formula is C24H32FN3. The lowest BCUT2D eigenvalue weighted by Crippen LogP contribution is -2.41. The van der Waals surface area contributed by atoms with Crippen LogP contribution in [0.5, 0.6) is 0 Å². The van der Waals surface area contributed by atoms with Crippen LogP contribution in [0, 0.1) is 0 Å². The van der Waals surface area contributed by atoms with E-state index in [1.165, 1.54) is 35.5 Å². The number of aryl methyl sites for hydroxylation is 1. The lowest BCUT2D eigenvalue weighted by atomic mass is 10.0. The smallest absolute Gasteiger partial charge is 0.0785 e. The van der Waals surface area contributed by atoms with Gasteiger partial charge in [-0.15, -0.1) is 13.2 Å². The van der Waals surface area contributed by atoms with Gasteiger partial charge in [0, 0.05) is 38.4 Å². The Kier molecular flexibility index (Phi) is 8.47. The first-order valence-corrected chi connectivity index (χ1v) is 9.72. The summed E-state index contributed by atoms with van der Waals surface area (Å²) >= 11 is 0. The Morgan fingerprint density at radius 3 is 2.07 bits per heavy atom. The molecule has 0 bridgehead atoms. The van der Waals surface area contributed by atoms with E-state index in [1.54, 1.807) is 0 Å². The first-order chi connectivity index (χ1) is 14.2. The van der Waals surface area contributed by atoms with Crippen molar-refractivity contribution in [1.82, 2.24) is 0 Å². The third-order valence-corrected chi connectivity index (χ3v) is 4.86. The third-order valence-electron chi connectivity index (χ3n) is 4.86. The van der Waals surface area contributed by atoms with Crippen LogP contribution in [-0.4, -0.2) is 39.9 Å². The van der Waals surface area contributed by atoms with Gasteiger partial charge in [-0.3, -0.25) is 4.39 Å². The number of nitrogens with one attached hydrogen (secondary N) is 1. The second-order valence-corrected chi connectivity index (χ2v) is 6.65. The molecule has 2 aromatic carbocycles. The number of alkyl halides is 1. The van der Waals surface area contributed by atoms with Crippen molar-refractivity contribution in [3.8, 4) is 0 Å². The molecular weight excluding hydrogens is 349 g/mol. The molecule has 0 aromatic heterocycles. The normalized spacial score (nSPS) is 14.5. The molecule has 3 nitrogen and oxygen atoms in total. The molecule has 2 aliphatic rings. The molecule has 0 fully saturated rings. The van der Waals surface area contributed by atoms with Gasteiger partial charge in [0.15, 0.2) is 0 Å². The maximum Gasteiger partial charge on any atom is 0.0785 e. The summed E-state index contributed by atoms with van der Waals surface area (Å²) in [6, 6.07) is 17.1. The maximum atomic E-state index is 9.96. The fraction of sp³-hybridized carbons (Fsp3) is 0.333. The maximum absolute atomic E-state index is 9.96. The van der Waals surface area contributed by atoms with Crippen LogP contribution in [0.2, 0.25) is 0 Å². The zero-order valence-electron chi connectivity index (χ0n) is 17.6. The second-order valence-electron chi connectivity index (χ2n) is 6.65. The van der Waals surface area contributed by atoms with Gasteiger partial charge in [0.2, 0.25) is 0 Å². The highest BCUT2D eigenvalue weighted by molar-refractivity contribution is 5.73. The zero-order chi connectivity index (χ0) is 20.9. The Bertz CT molecular complexity index is 703. The van der Waals surface area contributed by atoms with Crippen molar-refractivity contribution in [2.24, 2.45) is 0 Å². The quantitative estimate of drug-likeness (QED) is 0.723. The number of hydrogen-bond acceptors (Lipinski definition) is 3. The minimum absolute atomic E-state index is 0.916. The van der Waals surface area contributed by atoms with Gasteiger partial charge >= 0.3 is 0 Å².